The van der Waals surface area contributed by atoms with Crippen LogP contribution in [0, 0.1) is 0 Å². The molecule has 0 saturated carbocycles. The fourth-order valence-electron chi connectivity index (χ4n) is 2.09. The summed E-state index contributed by atoms with van der Waals surface area (Å²) in [4.78, 5) is 13.9. The number of hydrogen-bond donors (Lipinski definition) is 2. The van der Waals surface area contributed by atoms with Crippen LogP contribution in [0.15, 0.2) is 42.5 Å². The molecular formula is C17H17ClF3N3O. The normalized spacial score (nSPS) is 11.1. The van der Waals surface area contributed by atoms with Gasteiger partial charge in [-0.05, 0) is 42.5 Å². The van der Waals surface area contributed by atoms with Crippen molar-refractivity contribution in [3.05, 3.63) is 53.1 Å². The molecule has 0 saturated heterocycles. The van der Waals surface area contributed by atoms with Gasteiger partial charge in [-0.2, -0.15) is 13.2 Å². The molecule has 0 spiro atoms. The Balaban J connectivity index is 1.96. The Morgan fingerprint density at radius 1 is 1.08 bits per heavy atom. The maximum atomic E-state index is 12.8. The van der Waals surface area contributed by atoms with Crippen molar-refractivity contribution in [3.8, 4) is 0 Å². The third-order valence-electron chi connectivity index (χ3n) is 3.39. The van der Waals surface area contributed by atoms with Crippen molar-refractivity contribution in [2.24, 2.45) is 0 Å². The average Bonchev–Trinajstić information content (AvgIpc) is 2.54. The number of carbonyl (C=O) groups excluding carboxylic acids is 1. The molecule has 0 aliphatic rings. The number of halogens is 4. The van der Waals surface area contributed by atoms with Gasteiger partial charge in [0.25, 0.3) is 0 Å². The maximum absolute atomic E-state index is 12.8. The van der Waals surface area contributed by atoms with E-state index in [1.807, 2.05) is 43.3 Å². The molecule has 0 aliphatic heterocycles. The minimum absolute atomic E-state index is 0.0338. The molecule has 2 rings (SSSR count). The van der Waals surface area contributed by atoms with Gasteiger partial charge >= 0.3 is 6.18 Å². The Morgan fingerprint density at radius 3 is 2.24 bits per heavy atom. The van der Waals surface area contributed by atoms with Gasteiger partial charge in [0.15, 0.2) is 0 Å². The lowest BCUT2D eigenvalue weighted by molar-refractivity contribution is -0.137. The zero-order valence-corrected chi connectivity index (χ0v) is 14.4. The highest BCUT2D eigenvalue weighted by molar-refractivity contribution is 6.31. The quantitative estimate of drug-likeness (QED) is 0.814. The van der Waals surface area contributed by atoms with Crippen molar-refractivity contribution in [2.75, 3.05) is 36.2 Å². The second kappa shape index (κ2) is 7.65. The van der Waals surface area contributed by atoms with Crippen LogP contribution in [0.25, 0.3) is 0 Å². The molecule has 2 aromatic rings. The molecule has 25 heavy (non-hydrogen) atoms. The smallest absolute Gasteiger partial charge is 0.378 e. The van der Waals surface area contributed by atoms with E-state index in [2.05, 4.69) is 10.6 Å². The van der Waals surface area contributed by atoms with Crippen LogP contribution in [-0.2, 0) is 11.0 Å². The minimum atomic E-state index is -4.58. The van der Waals surface area contributed by atoms with Crippen LogP contribution in [0.3, 0.4) is 0 Å². The molecular weight excluding hydrogens is 355 g/mol. The Hall–Kier alpha value is -2.41. The van der Waals surface area contributed by atoms with Gasteiger partial charge in [-0.15, -0.1) is 0 Å². The van der Waals surface area contributed by atoms with Gasteiger partial charge in [0.2, 0.25) is 5.91 Å². The number of nitrogens with zero attached hydrogens (tertiary/aromatic N) is 1. The van der Waals surface area contributed by atoms with Crippen LogP contribution in [0.1, 0.15) is 5.56 Å². The van der Waals surface area contributed by atoms with Crippen molar-refractivity contribution < 1.29 is 18.0 Å². The van der Waals surface area contributed by atoms with Crippen LogP contribution in [0.4, 0.5) is 30.2 Å². The van der Waals surface area contributed by atoms with Gasteiger partial charge in [0.1, 0.15) is 0 Å². The van der Waals surface area contributed by atoms with Gasteiger partial charge in [0.05, 0.1) is 17.1 Å². The van der Waals surface area contributed by atoms with E-state index in [0.717, 1.165) is 23.5 Å². The van der Waals surface area contributed by atoms with Crippen molar-refractivity contribution >= 4 is 34.6 Å². The van der Waals surface area contributed by atoms with E-state index < -0.39 is 22.7 Å². The third-order valence-corrected chi connectivity index (χ3v) is 3.72. The number of rotatable bonds is 5. The number of nitrogens with one attached hydrogen (secondary N) is 2. The molecule has 0 fully saturated rings. The van der Waals surface area contributed by atoms with Crippen molar-refractivity contribution in [3.63, 3.8) is 0 Å². The van der Waals surface area contributed by atoms with Crippen molar-refractivity contribution in [1.29, 1.82) is 0 Å². The maximum Gasteiger partial charge on any atom is 0.417 e. The van der Waals surface area contributed by atoms with Crippen LogP contribution in [0.5, 0.6) is 0 Å². The monoisotopic (exact) mass is 371 g/mol. The first kappa shape index (κ1) is 18.9. The molecule has 0 aromatic heterocycles. The first-order chi connectivity index (χ1) is 11.7. The molecule has 8 heteroatoms. The van der Waals surface area contributed by atoms with E-state index in [-0.39, 0.29) is 12.2 Å². The Labute approximate surface area is 148 Å². The van der Waals surface area contributed by atoms with E-state index in [1.165, 1.54) is 6.07 Å². The molecule has 134 valence electrons. The summed E-state index contributed by atoms with van der Waals surface area (Å²) in [5, 5.41) is 4.91. The highest BCUT2D eigenvalue weighted by Crippen LogP contribution is 2.36. The van der Waals surface area contributed by atoms with Gasteiger partial charge in [0, 0.05) is 31.2 Å². The Kier molecular flexibility index (Phi) is 5.79. The molecule has 0 heterocycles. The largest absolute Gasteiger partial charge is 0.417 e. The summed E-state index contributed by atoms with van der Waals surface area (Å²) < 4.78 is 38.4. The van der Waals surface area contributed by atoms with Gasteiger partial charge in [-0.3, -0.25) is 4.79 Å². The number of alkyl halides is 3. The topological polar surface area (TPSA) is 44.4 Å². The van der Waals surface area contributed by atoms with E-state index >= 15 is 0 Å². The van der Waals surface area contributed by atoms with Gasteiger partial charge in [-0.1, -0.05) is 11.6 Å². The Morgan fingerprint density at radius 2 is 1.68 bits per heavy atom. The van der Waals surface area contributed by atoms with Crippen molar-refractivity contribution in [2.45, 2.75) is 6.18 Å². The summed E-state index contributed by atoms with van der Waals surface area (Å²) in [6.45, 7) is -0.0781. The second-order valence-corrected chi connectivity index (χ2v) is 5.94. The number of anilines is 3. The van der Waals surface area contributed by atoms with Crippen LogP contribution in [-0.4, -0.2) is 26.5 Å². The standard InChI is InChI=1S/C17H17ClF3N3O/c1-24(2)13-6-3-11(4-7-13)22-10-16(25)23-12-5-8-15(18)14(9-12)17(19,20)21/h3-9,22H,10H2,1-2H3,(H,23,25). The van der Waals surface area contributed by atoms with Gasteiger partial charge in [-0.25, -0.2) is 0 Å². The van der Waals surface area contributed by atoms with E-state index in [1.54, 1.807) is 0 Å². The molecule has 0 radical (unpaired) electrons. The van der Waals surface area contributed by atoms with E-state index in [0.29, 0.717) is 0 Å². The SMILES string of the molecule is CN(C)c1ccc(NCC(=O)Nc2ccc(Cl)c(C(F)(F)F)c2)cc1. The fraction of sp³-hybridized carbons (Fsp3) is 0.235. The predicted molar refractivity (Wildman–Crippen MR) is 94.3 cm³/mol. The lowest BCUT2D eigenvalue weighted by Gasteiger charge is -2.14. The zero-order valence-electron chi connectivity index (χ0n) is 13.6. The highest BCUT2D eigenvalue weighted by Gasteiger charge is 2.33. The molecule has 0 unspecified atom stereocenters. The molecule has 4 nitrogen and oxygen atoms in total. The number of benzene rings is 2. The fourth-order valence-corrected chi connectivity index (χ4v) is 2.31. The average molecular weight is 372 g/mol. The molecule has 1 amide bonds. The molecule has 2 aromatic carbocycles. The number of amides is 1. The summed E-state index contributed by atoms with van der Waals surface area (Å²) in [6, 6.07) is 10.6. The van der Waals surface area contributed by atoms with Crippen molar-refractivity contribution in [1.82, 2.24) is 0 Å². The highest BCUT2D eigenvalue weighted by atomic mass is 35.5. The van der Waals surface area contributed by atoms with Crippen LogP contribution in [0.2, 0.25) is 5.02 Å². The van der Waals surface area contributed by atoms with E-state index in [9.17, 15) is 18.0 Å². The first-order valence-electron chi connectivity index (χ1n) is 7.34. The van der Waals surface area contributed by atoms with Gasteiger partial charge < -0.3 is 15.5 Å². The van der Waals surface area contributed by atoms with Crippen LogP contribution >= 0.6 is 11.6 Å². The first-order valence-corrected chi connectivity index (χ1v) is 7.72. The number of carbonyl (C=O) groups is 1. The summed E-state index contributed by atoms with van der Waals surface area (Å²) in [5.41, 5.74) is 0.786. The lowest BCUT2D eigenvalue weighted by Crippen LogP contribution is -2.22. The predicted octanol–water partition coefficient (Wildman–Crippen LogP) is 4.48. The molecule has 2 N–H and O–H groups in total. The Bertz CT molecular complexity index is 746. The molecule has 0 atom stereocenters. The number of hydrogen-bond acceptors (Lipinski definition) is 3. The summed E-state index contributed by atoms with van der Waals surface area (Å²) in [6.07, 6.45) is -4.58. The summed E-state index contributed by atoms with van der Waals surface area (Å²) >= 11 is 5.55. The molecule has 0 bridgehead atoms. The van der Waals surface area contributed by atoms with E-state index in [4.69, 9.17) is 11.6 Å². The third kappa shape index (κ3) is 5.29. The zero-order chi connectivity index (χ0) is 18.6. The lowest BCUT2D eigenvalue weighted by atomic mass is 10.2. The van der Waals surface area contributed by atoms with Crippen LogP contribution < -0.4 is 15.5 Å². The second-order valence-electron chi connectivity index (χ2n) is 5.54. The molecule has 0 aliphatic carbocycles. The summed E-state index contributed by atoms with van der Waals surface area (Å²) in [5.74, 6) is -0.466. The summed E-state index contributed by atoms with van der Waals surface area (Å²) in [7, 11) is 3.83. The minimum Gasteiger partial charge on any atom is -0.378 e.